The highest BCUT2D eigenvalue weighted by atomic mass is 32.2. The molecule has 0 heterocycles. The van der Waals surface area contributed by atoms with Crippen molar-refractivity contribution in [3.63, 3.8) is 0 Å². The lowest BCUT2D eigenvalue weighted by atomic mass is 10.2. The van der Waals surface area contributed by atoms with Crippen molar-refractivity contribution in [3.8, 4) is 0 Å². The standard InChI is InChI=1S/C11H21NO3S/c1-11(2,3)16(14)12-9-7-5-6-8-10(13)15-4/h9H,5-8H2,1-4H3/b12-9-. The Kier molecular flexibility index (Phi) is 7.42. The summed E-state index contributed by atoms with van der Waals surface area (Å²) in [5.74, 6) is -0.185. The minimum atomic E-state index is -1.18. The first-order valence-corrected chi connectivity index (χ1v) is 6.50. The van der Waals surface area contributed by atoms with Gasteiger partial charge in [-0.15, -0.1) is 0 Å². The minimum absolute atomic E-state index is 0.185. The van der Waals surface area contributed by atoms with Crippen LogP contribution < -0.4 is 0 Å². The van der Waals surface area contributed by atoms with E-state index < -0.39 is 11.4 Å². The highest BCUT2D eigenvalue weighted by molar-refractivity contribution is 7.91. The highest BCUT2D eigenvalue weighted by Gasteiger charge is 2.25. The summed E-state index contributed by atoms with van der Waals surface area (Å²) in [5, 5.41) is 0. The van der Waals surface area contributed by atoms with Crippen molar-refractivity contribution in [2.45, 2.75) is 51.2 Å². The number of rotatable bonds is 6. The molecular weight excluding hydrogens is 226 g/mol. The lowest BCUT2D eigenvalue weighted by Crippen LogP contribution is -2.25. The number of hydrogen-bond acceptors (Lipinski definition) is 4. The van der Waals surface area contributed by atoms with Gasteiger partial charge in [-0.25, -0.2) is 0 Å². The average Bonchev–Trinajstić information content (AvgIpc) is 2.20. The van der Waals surface area contributed by atoms with E-state index in [1.807, 2.05) is 20.8 Å². The number of carbonyl (C=O) groups excluding carboxylic acids is 1. The fourth-order valence-corrected chi connectivity index (χ4v) is 1.44. The van der Waals surface area contributed by atoms with Gasteiger partial charge in [-0.1, -0.05) is 4.40 Å². The van der Waals surface area contributed by atoms with E-state index in [4.69, 9.17) is 0 Å². The highest BCUT2D eigenvalue weighted by Crippen LogP contribution is 2.16. The van der Waals surface area contributed by atoms with Crippen LogP contribution in [0.2, 0.25) is 0 Å². The summed E-state index contributed by atoms with van der Waals surface area (Å²) in [6, 6.07) is 0. The first kappa shape index (κ1) is 15.4. The SMILES string of the molecule is COC(=O)CCCC/C=N\[S+]([O-])C(C)(C)C. The van der Waals surface area contributed by atoms with E-state index in [0.717, 1.165) is 19.3 Å². The monoisotopic (exact) mass is 247 g/mol. The summed E-state index contributed by atoms with van der Waals surface area (Å²) in [7, 11) is 1.39. The van der Waals surface area contributed by atoms with Crippen molar-refractivity contribution in [2.24, 2.45) is 4.40 Å². The molecule has 0 amide bonds. The first-order chi connectivity index (χ1) is 7.38. The molecule has 1 unspecified atom stereocenters. The summed E-state index contributed by atoms with van der Waals surface area (Å²) >= 11 is -1.18. The van der Waals surface area contributed by atoms with Crippen LogP contribution in [0.25, 0.3) is 0 Å². The van der Waals surface area contributed by atoms with Crippen LogP contribution in [-0.2, 0) is 20.9 Å². The lowest BCUT2D eigenvalue weighted by Gasteiger charge is -2.17. The summed E-state index contributed by atoms with van der Waals surface area (Å²) < 4.78 is 19.7. The molecule has 16 heavy (non-hydrogen) atoms. The molecule has 0 saturated heterocycles. The molecule has 0 radical (unpaired) electrons. The van der Waals surface area contributed by atoms with Crippen LogP contribution in [0.15, 0.2) is 4.40 Å². The Morgan fingerprint density at radius 3 is 2.56 bits per heavy atom. The predicted molar refractivity (Wildman–Crippen MR) is 66.9 cm³/mol. The number of carbonyl (C=O) groups is 1. The molecule has 0 fully saturated rings. The third kappa shape index (κ3) is 7.70. The van der Waals surface area contributed by atoms with E-state index in [-0.39, 0.29) is 10.7 Å². The summed E-state index contributed by atoms with van der Waals surface area (Å²) in [6.45, 7) is 5.66. The molecule has 0 rings (SSSR count). The van der Waals surface area contributed by atoms with Gasteiger partial charge in [0.15, 0.2) is 0 Å². The van der Waals surface area contributed by atoms with Gasteiger partial charge in [-0.2, -0.15) is 0 Å². The Labute approximate surface area is 101 Å². The van der Waals surface area contributed by atoms with Crippen LogP contribution in [0.1, 0.15) is 46.5 Å². The number of esters is 1. The van der Waals surface area contributed by atoms with Crippen molar-refractivity contribution < 1.29 is 14.1 Å². The second-order valence-electron chi connectivity index (χ2n) is 4.47. The van der Waals surface area contributed by atoms with Gasteiger partial charge in [-0.3, -0.25) is 4.79 Å². The molecule has 0 N–H and O–H groups in total. The molecule has 0 bridgehead atoms. The zero-order chi connectivity index (χ0) is 12.6. The Hall–Kier alpha value is -0.550. The molecule has 94 valence electrons. The molecule has 0 saturated carbocycles. The number of ether oxygens (including phenoxy) is 1. The number of methoxy groups -OCH3 is 1. The molecule has 0 aliphatic heterocycles. The minimum Gasteiger partial charge on any atom is -0.591 e. The van der Waals surface area contributed by atoms with Crippen LogP contribution in [0.5, 0.6) is 0 Å². The Balaban J connectivity index is 3.59. The predicted octanol–water partition coefficient (Wildman–Crippen LogP) is 2.25. The number of nitrogens with zero attached hydrogens (tertiary/aromatic N) is 1. The van der Waals surface area contributed by atoms with Crippen LogP contribution in [0.4, 0.5) is 0 Å². The molecular formula is C11H21NO3S. The topological polar surface area (TPSA) is 61.7 Å². The molecule has 4 nitrogen and oxygen atoms in total. The Morgan fingerprint density at radius 2 is 2.06 bits per heavy atom. The van der Waals surface area contributed by atoms with Crippen LogP contribution in [-0.4, -0.2) is 28.6 Å². The maximum atomic E-state index is 11.5. The summed E-state index contributed by atoms with van der Waals surface area (Å²) in [4.78, 5) is 10.8. The lowest BCUT2D eigenvalue weighted by molar-refractivity contribution is -0.140. The fourth-order valence-electron chi connectivity index (χ4n) is 0.886. The van der Waals surface area contributed by atoms with E-state index in [9.17, 15) is 9.35 Å². The second-order valence-corrected chi connectivity index (χ2v) is 6.41. The molecule has 5 heteroatoms. The molecule has 0 aromatic heterocycles. The third-order valence-electron chi connectivity index (χ3n) is 1.89. The van der Waals surface area contributed by atoms with Gasteiger partial charge in [0.2, 0.25) is 0 Å². The third-order valence-corrected chi connectivity index (χ3v) is 3.27. The number of unbranched alkanes of at least 4 members (excludes halogenated alkanes) is 2. The van der Waals surface area contributed by atoms with Gasteiger partial charge >= 0.3 is 5.97 Å². The smallest absolute Gasteiger partial charge is 0.305 e. The van der Waals surface area contributed by atoms with E-state index >= 15 is 0 Å². The zero-order valence-electron chi connectivity index (χ0n) is 10.5. The van der Waals surface area contributed by atoms with Crippen molar-refractivity contribution in [3.05, 3.63) is 0 Å². The van der Waals surface area contributed by atoms with Gasteiger partial charge in [0.1, 0.15) is 16.1 Å². The Bertz CT molecular complexity index is 236. The Morgan fingerprint density at radius 1 is 1.44 bits per heavy atom. The van der Waals surface area contributed by atoms with Crippen molar-refractivity contribution >= 4 is 23.5 Å². The maximum absolute atomic E-state index is 11.5. The zero-order valence-corrected chi connectivity index (χ0v) is 11.3. The molecule has 1 atom stereocenters. The normalized spacial score (nSPS) is 14.1. The summed E-state index contributed by atoms with van der Waals surface area (Å²) in [6.07, 6.45) is 4.50. The van der Waals surface area contributed by atoms with Crippen molar-refractivity contribution in [1.29, 1.82) is 0 Å². The molecule has 0 aromatic rings. The second kappa shape index (κ2) is 7.68. The van der Waals surface area contributed by atoms with E-state index in [2.05, 4.69) is 9.13 Å². The van der Waals surface area contributed by atoms with Gasteiger partial charge in [0.05, 0.1) is 13.3 Å². The van der Waals surface area contributed by atoms with Gasteiger partial charge in [0, 0.05) is 6.42 Å². The largest absolute Gasteiger partial charge is 0.591 e. The molecule has 0 aliphatic rings. The van der Waals surface area contributed by atoms with Crippen LogP contribution >= 0.6 is 0 Å². The maximum Gasteiger partial charge on any atom is 0.305 e. The van der Waals surface area contributed by atoms with Crippen LogP contribution in [0, 0.1) is 0 Å². The summed E-state index contributed by atoms with van der Waals surface area (Å²) in [5.41, 5.74) is 0. The first-order valence-electron chi connectivity index (χ1n) is 5.39. The molecule has 0 spiro atoms. The van der Waals surface area contributed by atoms with E-state index in [0.29, 0.717) is 6.42 Å². The van der Waals surface area contributed by atoms with Gasteiger partial charge in [0.25, 0.3) is 0 Å². The average molecular weight is 247 g/mol. The number of hydrogen-bond donors (Lipinski definition) is 0. The van der Waals surface area contributed by atoms with E-state index in [1.165, 1.54) is 7.11 Å². The molecule has 0 aliphatic carbocycles. The van der Waals surface area contributed by atoms with Crippen LogP contribution in [0.3, 0.4) is 0 Å². The van der Waals surface area contributed by atoms with Crippen molar-refractivity contribution in [2.75, 3.05) is 7.11 Å². The molecule has 0 aromatic carbocycles. The quantitative estimate of drug-likeness (QED) is 0.313. The van der Waals surface area contributed by atoms with E-state index in [1.54, 1.807) is 6.21 Å². The van der Waals surface area contributed by atoms with Gasteiger partial charge in [-0.05, 0) is 40.0 Å². The fraction of sp³-hybridized carbons (Fsp3) is 0.818. The van der Waals surface area contributed by atoms with Gasteiger partial charge < -0.3 is 9.29 Å². The van der Waals surface area contributed by atoms with Crippen molar-refractivity contribution in [1.82, 2.24) is 0 Å².